The van der Waals surface area contributed by atoms with Crippen LogP contribution in [0.1, 0.15) is 13.3 Å². The van der Waals surface area contributed by atoms with Crippen molar-refractivity contribution in [2.24, 2.45) is 5.92 Å². The maximum absolute atomic E-state index is 12.7. The number of rotatable bonds is 5. The summed E-state index contributed by atoms with van der Waals surface area (Å²) < 4.78 is 5.12. The largest absolute Gasteiger partial charge is 0.497 e. The molecule has 1 saturated heterocycles. The number of carbonyl (C=O) groups is 3. The van der Waals surface area contributed by atoms with Crippen molar-refractivity contribution >= 4 is 46.4 Å². The van der Waals surface area contributed by atoms with Gasteiger partial charge in [0, 0.05) is 31.3 Å². The molecule has 1 aliphatic rings. The first-order valence-electron chi connectivity index (χ1n) is 8.70. The van der Waals surface area contributed by atoms with Crippen LogP contribution >= 0.6 is 11.6 Å². The van der Waals surface area contributed by atoms with Crippen LogP contribution in [-0.2, 0) is 14.4 Å². The van der Waals surface area contributed by atoms with Crippen LogP contribution in [-0.4, -0.2) is 31.4 Å². The van der Waals surface area contributed by atoms with Gasteiger partial charge in [-0.05, 0) is 42.5 Å². The molecule has 0 aliphatic carbocycles. The van der Waals surface area contributed by atoms with Crippen LogP contribution in [0.25, 0.3) is 0 Å². The van der Waals surface area contributed by atoms with Gasteiger partial charge in [0.25, 0.3) is 0 Å². The van der Waals surface area contributed by atoms with Gasteiger partial charge in [-0.1, -0.05) is 11.6 Å². The van der Waals surface area contributed by atoms with Crippen molar-refractivity contribution in [2.75, 3.05) is 29.2 Å². The number of benzene rings is 2. The fourth-order valence-corrected chi connectivity index (χ4v) is 3.20. The zero-order valence-corrected chi connectivity index (χ0v) is 16.2. The van der Waals surface area contributed by atoms with Gasteiger partial charge < -0.3 is 20.3 Å². The SMILES string of the molecule is COc1ccc(N2CC(C(=O)Nc3cc(NC(C)=O)ccc3Cl)CC2=O)cc1. The van der Waals surface area contributed by atoms with Gasteiger partial charge in [0.2, 0.25) is 17.7 Å². The lowest BCUT2D eigenvalue weighted by atomic mass is 10.1. The summed E-state index contributed by atoms with van der Waals surface area (Å²) in [7, 11) is 1.57. The number of methoxy groups -OCH3 is 1. The highest BCUT2D eigenvalue weighted by molar-refractivity contribution is 6.34. The zero-order valence-electron chi connectivity index (χ0n) is 15.5. The Kier molecular flexibility index (Phi) is 5.84. The predicted molar refractivity (Wildman–Crippen MR) is 108 cm³/mol. The van der Waals surface area contributed by atoms with E-state index in [0.717, 1.165) is 0 Å². The second kappa shape index (κ2) is 8.31. The number of halogens is 1. The molecule has 3 amide bonds. The highest BCUT2D eigenvalue weighted by Crippen LogP contribution is 2.30. The van der Waals surface area contributed by atoms with E-state index in [1.165, 1.54) is 6.92 Å². The van der Waals surface area contributed by atoms with Crippen molar-refractivity contribution in [1.82, 2.24) is 0 Å². The molecule has 3 rings (SSSR count). The summed E-state index contributed by atoms with van der Waals surface area (Å²) in [6.07, 6.45) is 0.112. The summed E-state index contributed by atoms with van der Waals surface area (Å²) in [4.78, 5) is 37.8. The van der Waals surface area contributed by atoms with E-state index in [4.69, 9.17) is 16.3 Å². The van der Waals surface area contributed by atoms with E-state index in [1.54, 1.807) is 54.5 Å². The van der Waals surface area contributed by atoms with E-state index in [0.29, 0.717) is 27.8 Å². The molecular formula is C20H20ClN3O4. The van der Waals surface area contributed by atoms with E-state index in [1.807, 2.05) is 0 Å². The molecule has 7 nitrogen and oxygen atoms in total. The molecule has 0 saturated carbocycles. The molecule has 1 atom stereocenters. The van der Waals surface area contributed by atoms with Gasteiger partial charge in [0.15, 0.2) is 0 Å². The molecule has 28 heavy (non-hydrogen) atoms. The van der Waals surface area contributed by atoms with Crippen LogP contribution in [0.3, 0.4) is 0 Å². The van der Waals surface area contributed by atoms with Gasteiger partial charge in [0.05, 0.1) is 23.7 Å². The van der Waals surface area contributed by atoms with Gasteiger partial charge >= 0.3 is 0 Å². The Hall–Kier alpha value is -3.06. The fraction of sp³-hybridized carbons (Fsp3) is 0.250. The van der Waals surface area contributed by atoms with Crippen molar-refractivity contribution in [2.45, 2.75) is 13.3 Å². The van der Waals surface area contributed by atoms with Gasteiger partial charge in [-0.25, -0.2) is 0 Å². The minimum absolute atomic E-state index is 0.112. The molecule has 0 spiro atoms. The first-order chi connectivity index (χ1) is 13.4. The van der Waals surface area contributed by atoms with Crippen LogP contribution in [0.2, 0.25) is 5.02 Å². The van der Waals surface area contributed by atoms with Crippen molar-refractivity contribution in [1.29, 1.82) is 0 Å². The average molecular weight is 402 g/mol. The molecule has 0 aromatic heterocycles. The third-order valence-corrected chi connectivity index (χ3v) is 4.75. The Morgan fingerprint density at radius 1 is 1.14 bits per heavy atom. The third-order valence-electron chi connectivity index (χ3n) is 4.42. The first-order valence-corrected chi connectivity index (χ1v) is 9.07. The highest BCUT2D eigenvalue weighted by Gasteiger charge is 2.35. The minimum atomic E-state index is -0.505. The predicted octanol–water partition coefficient (Wildman–Crippen LogP) is 3.30. The molecule has 1 heterocycles. The van der Waals surface area contributed by atoms with Crippen LogP contribution in [0.15, 0.2) is 42.5 Å². The maximum atomic E-state index is 12.7. The normalized spacial score (nSPS) is 16.0. The molecule has 2 aromatic rings. The van der Waals surface area contributed by atoms with E-state index in [9.17, 15) is 14.4 Å². The lowest BCUT2D eigenvalue weighted by Gasteiger charge is -2.17. The number of anilines is 3. The second-order valence-corrected chi connectivity index (χ2v) is 6.88. The minimum Gasteiger partial charge on any atom is -0.497 e. The van der Waals surface area contributed by atoms with Gasteiger partial charge in [-0.15, -0.1) is 0 Å². The first kappa shape index (κ1) is 19.7. The zero-order chi connectivity index (χ0) is 20.3. The smallest absolute Gasteiger partial charge is 0.229 e. The number of hydrogen-bond acceptors (Lipinski definition) is 4. The molecule has 0 bridgehead atoms. The molecule has 1 unspecified atom stereocenters. The average Bonchev–Trinajstić information content (AvgIpc) is 3.06. The van der Waals surface area contributed by atoms with Gasteiger partial charge in [-0.3, -0.25) is 14.4 Å². The van der Waals surface area contributed by atoms with Gasteiger partial charge in [0.1, 0.15) is 5.75 Å². The molecule has 146 valence electrons. The van der Waals surface area contributed by atoms with Crippen molar-refractivity contribution < 1.29 is 19.1 Å². The topological polar surface area (TPSA) is 87.7 Å². The lowest BCUT2D eigenvalue weighted by Crippen LogP contribution is -2.28. The van der Waals surface area contributed by atoms with Crippen LogP contribution in [0, 0.1) is 5.92 Å². The second-order valence-electron chi connectivity index (χ2n) is 6.47. The summed E-state index contributed by atoms with van der Waals surface area (Å²) in [6, 6.07) is 11.9. The summed E-state index contributed by atoms with van der Waals surface area (Å²) >= 11 is 6.15. The van der Waals surface area contributed by atoms with Gasteiger partial charge in [-0.2, -0.15) is 0 Å². The summed E-state index contributed by atoms with van der Waals surface area (Å²) in [6.45, 7) is 1.67. The Bertz CT molecular complexity index is 914. The number of ether oxygens (including phenoxy) is 1. The van der Waals surface area contributed by atoms with Crippen LogP contribution in [0.5, 0.6) is 5.75 Å². The Morgan fingerprint density at radius 3 is 2.50 bits per heavy atom. The number of amides is 3. The van der Waals surface area contributed by atoms with E-state index >= 15 is 0 Å². The molecule has 1 aliphatic heterocycles. The molecule has 1 fully saturated rings. The standard InChI is InChI=1S/C20H20ClN3O4/c1-12(25)22-14-3-8-17(21)18(10-14)23-20(27)13-9-19(26)24(11-13)15-4-6-16(28-2)7-5-15/h3-8,10,13H,9,11H2,1-2H3,(H,22,25)(H,23,27). The van der Waals surface area contributed by atoms with Crippen molar-refractivity contribution in [3.63, 3.8) is 0 Å². The van der Waals surface area contributed by atoms with Crippen LogP contribution in [0.4, 0.5) is 17.1 Å². The lowest BCUT2D eigenvalue weighted by molar-refractivity contribution is -0.122. The highest BCUT2D eigenvalue weighted by atomic mass is 35.5. The van der Waals surface area contributed by atoms with E-state index in [2.05, 4.69) is 10.6 Å². The van der Waals surface area contributed by atoms with E-state index in [-0.39, 0.29) is 30.7 Å². The number of nitrogens with zero attached hydrogens (tertiary/aromatic N) is 1. The quantitative estimate of drug-likeness (QED) is 0.804. The Balaban J connectivity index is 1.70. The van der Waals surface area contributed by atoms with Crippen LogP contribution < -0.4 is 20.3 Å². The monoisotopic (exact) mass is 401 g/mol. The molecule has 2 aromatic carbocycles. The Labute approximate surface area is 167 Å². The Morgan fingerprint density at radius 2 is 1.86 bits per heavy atom. The number of carbonyl (C=O) groups excluding carboxylic acids is 3. The maximum Gasteiger partial charge on any atom is 0.229 e. The third kappa shape index (κ3) is 4.43. The number of hydrogen-bond donors (Lipinski definition) is 2. The van der Waals surface area contributed by atoms with E-state index < -0.39 is 5.92 Å². The summed E-state index contributed by atoms with van der Waals surface area (Å²) in [5.41, 5.74) is 1.62. The molecule has 8 heteroatoms. The number of nitrogens with one attached hydrogen (secondary N) is 2. The molecule has 2 N–H and O–H groups in total. The molecule has 0 radical (unpaired) electrons. The van der Waals surface area contributed by atoms with Crippen molar-refractivity contribution in [3.8, 4) is 5.75 Å². The van der Waals surface area contributed by atoms with Crippen molar-refractivity contribution in [3.05, 3.63) is 47.5 Å². The summed E-state index contributed by atoms with van der Waals surface area (Å²) in [5, 5.41) is 5.74. The summed E-state index contributed by atoms with van der Waals surface area (Å²) in [5.74, 6) is -0.459. The molecular weight excluding hydrogens is 382 g/mol. The fourth-order valence-electron chi connectivity index (χ4n) is 3.03.